The number of carbonyl (C=O) groups is 1. The lowest BCUT2D eigenvalue weighted by atomic mass is 10.7. The average Bonchev–Trinajstić information content (AvgIpc) is 2.03. The van der Waals surface area contributed by atoms with Crippen LogP contribution in [0.1, 0.15) is 0 Å². The highest BCUT2D eigenvalue weighted by atomic mass is 16.5. The van der Waals surface area contributed by atoms with E-state index in [9.17, 15) is 4.79 Å². The van der Waals surface area contributed by atoms with Crippen LogP contribution in [-0.2, 0) is 14.3 Å². The fourth-order valence-electron chi connectivity index (χ4n) is 0.0833. The zero-order valence-electron chi connectivity index (χ0n) is 6.29. The van der Waals surface area contributed by atoms with E-state index in [2.05, 4.69) is 22.6 Å². The molecule has 3 nitrogen and oxygen atoms in total. The topological polar surface area (TPSA) is 35.5 Å². The maximum atomic E-state index is 9.84. The normalized spacial score (nSPS) is 6.20. The van der Waals surface area contributed by atoms with Crippen molar-refractivity contribution in [3.8, 4) is 0 Å². The van der Waals surface area contributed by atoms with Crippen LogP contribution in [0.15, 0.2) is 25.5 Å². The van der Waals surface area contributed by atoms with Crippen molar-refractivity contribution in [3.05, 3.63) is 25.5 Å². The molecule has 0 saturated carbocycles. The van der Waals surface area contributed by atoms with Gasteiger partial charge in [0, 0.05) is 6.08 Å². The molecule has 0 aliphatic heterocycles. The second-order valence-corrected chi connectivity index (χ2v) is 1.13. The van der Waals surface area contributed by atoms with Crippen LogP contribution in [0.2, 0.25) is 0 Å². The zero-order chi connectivity index (χ0) is 8.41. The first-order valence-electron chi connectivity index (χ1n) is 2.57. The minimum Gasteiger partial charge on any atom is -0.505 e. The first kappa shape index (κ1) is 11.5. The van der Waals surface area contributed by atoms with Crippen LogP contribution in [0.4, 0.5) is 0 Å². The molecular weight excluding hydrogens is 132 g/mol. The molecule has 0 aromatic carbocycles. The van der Waals surface area contributed by atoms with E-state index in [4.69, 9.17) is 0 Å². The smallest absolute Gasteiger partial charge is 0.329 e. The predicted molar refractivity (Wildman–Crippen MR) is 39.4 cm³/mol. The fraction of sp³-hybridized carbons (Fsp3) is 0.286. The minimum atomic E-state index is -0.394. The summed E-state index contributed by atoms with van der Waals surface area (Å²) in [6.45, 7) is 6.41. The van der Waals surface area contributed by atoms with Gasteiger partial charge in [0.15, 0.2) is 0 Å². The van der Waals surface area contributed by atoms with Crippen LogP contribution in [0.5, 0.6) is 0 Å². The van der Waals surface area contributed by atoms with Crippen molar-refractivity contribution in [2.45, 2.75) is 0 Å². The molecule has 0 amide bonds. The van der Waals surface area contributed by atoms with Gasteiger partial charge in [-0.2, -0.15) is 0 Å². The Balaban J connectivity index is 0. The van der Waals surface area contributed by atoms with E-state index in [1.54, 1.807) is 7.11 Å². The molecule has 0 rings (SSSR count). The van der Waals surface area contributed by atoms with Gasteiger partial charge in [0.1, 0.15) is 0 Å². The Kier molecular flexibility index (Phi) is 12.3. The van der Waals surface area contributed by atoms with Gasteiger partial charge in [-0.1, -0.05) is 13.2 Å². The quantitative estimate of drug-likeness (QED) is 0.331. The van der Waals surface area contributed by atoms with Crippen molar-refractivity contribution in [1.29, 1.82) is 0 Å². The largest absolute Gasteiger partial charge is 0.505 e. The summed E-state index contributed by atoms with van der Waals surface area (Å²) < 4.78 is 8.45. The Bertz CT molecular complexity index is 107. The van der Waals surface area contributed by atoms with Crippen LogP contribution < -0.4 is 0 Å². The monoisotopic (exact) mass is 144 g/mol. The highest BCUT2D eigenvalue weighted by Gasteiger charge is 1.81. The molecule has 0 fully saturated rings. The van der Waals surface area contributed by atoms with Crippen molar-refractivity contribution in [2.75, 3.05) is 14.2 Å². The van der Waals surface area contributed by atoms with Crippen LogP contribution in [-0.4, -0.2) is 20.2 Å². The summed E-state index contributed by atoms with van der Waals surface area (Å²) in [5, 5.41) is 0. The van der Waals surface area contributed by atoms with Gasteiger partial charge in [0.2, 0.25) is 0 Å². The van der Waals surface area contributed by atoms with Crippen LogP contribution in [0, 0.1) is 0 Å². The van der Waals surface area contributed by atoms with Crippen LogP contribution >= 0.6 is 0 Å². The number of esters is 1. The molecule has 0 aliphatic carbocycles. The van der Waals surface area contributed by atoms with Gasteiger partial charge in [-0.3, -0.25) is 0 Å². The van der Waals surface area contributed by atoms with Gasteiger partial charge in [-0.25, -0.2) is 4.79 Å². The standard InChI is InChI=1S/C4H6O2.C3H6O/c1-3-4(5)6-2;1-3-4-2/h3H,1H2,2H3;3H,1H2,2H3. The molecule has 0 heterocycles. The minimum absolute atomic E-state index is 0.394. The van der Waals surface area contributed by atoms with Crippen LogP contribution in [0.3, 0.4) is 0 Å². The lowest BCUT2D eigenvalue weighted by Gasteiger charge is -1.83. The number of carbonyl (C=O) groups excluding carboxylic acids is 1. The molecule has 0 N–H and O–H groups in total. The summed E-state index contributed by atoms with van der Waals surface area (Å²) in [7, 11) is 2.87. The Labute approximate surface area is 60.9 Å². The summed E-state index contributed by atoms with van der Waals surface area (Å²) in [5.41, 5.74) is 0. The molecule has 0 unspecified atom stereocenters. The summed E-state index contributed by atoms with van der Waals surface area (Å²) in [6, 6.07) is 0. The van der Waals surface area contributed by atoms with Crippen molar-refractivity contribution in [3.63, 3.8) is 0 Å². The van der Waals surface area contributed by atoms with E-state index in [1.165, 1.54) is 13.4 Å². The van der Waals surface area contributed by atoms with Crippen molar-refractivity contribution in [1.82, 2.24) is 0 Å². The second-order valence-electron chi connectivity index (χ2n) is 1.13. The summed E-state index contributed by atoms with van der Waals surface area (Å²) in [6.07, 6.45) is 2.49. The molecular formula is C7H12O3. The molecule has 0 radical (unpaired) electrons. The SMILES string of the molecule is C=CC(=O)OC.C=COC. The Hall–Kier alpha value is -1.25. The number of hydrogen-bond donors (Lipinski definition) is 0. The van der Waals surface area contributed by atoms with Crippen molar-refractivity contribution < 1.29 is 14.3 Å². The second kappa shape index (κ2) is 10.7. The van der Waals surface area contributed by atoms with E-state index < -0.39 is 5.97 Å². The lowest BCUT2D eigenvalue weighted by molar-refractivity contribution is -0.134. The summed E-state index contributed by atoms with van der Waals surface area (Å²) in [4.78, 5) is 9.84. The number of ether oxygens (including phenoxy) is 2. The summed E-state index contributed by atoms with van der Waals surface area (Å²) in [5.74, 6) is -0.394. The molecule has 0 aliphatic rings. The predicted octanol–water partition coefficient (Wildman–Crippen LogP) is 1.12. The summed E-state index contributed by atoms with van der Waals surface area (Å²) >= 11 is 0. The number of methoxy groups -OCH3 is 2. The maximum Gasteiger partial charge on any atom is 0.329 e. The highest BCUT2D eigenvalue weighted by Crippen LogP contribution is 1.67. The van der Waals surface area contributed by atoms with Gasteiger partial charge in [0.25, 0.3) is 0 Å². The Morgan fingerprint density at radius 2 is 1.80 bits per heavy atom. The Morgan fingerprint density at radius 3 is 1.80 bits per heavy atom. The van der Waals surface area contributed by atoms with Gasteiger partial charge < -0.3 is 9.47 Å². The highest BCUT2D eigenvalue weighted by molar-refractivity contribution is 5.80. The molecule has 10 heavy (non-hydrogen) atoms. The molecule has 0 saturated heterocycles. The van der Waals surface area contributed by atoms with Gasteiger partial charge in [-0.15, -0.1) is 0 Å². The molecule has 58 valence electrons. The lowest BCUT2D eigenvalue weighted by Crippen LogP contribution is -1.91. The first-order valence-corrected chi connectivity index (χ1v) is 2.57. The van der Waals surface area contributed by atoms with E-state index >= 15 is 0 Å². The Morgan fingerprint density at radius 1 is 1.40 bits per heavy atom. The number of rotatable bonds is 2. The van der Waals surface area contributed by atoms with E-state index in [1.807, 2.05) is 0 Å². The zero-order valence-corrected chi connectivity index (χ0v) is 6.29. The van der Waals surface area contributed by atoms with Gasteiger partial charge in [-0.05, 0) is 0 Å². The third-order valence-electron chi connectivity index (χ3n) is 0.535. The molecule has 0 bridgehead atoms. The van der Waals surface area contributed by atoms with E-state index in [0.29, 0.717) is 0 Å². The van der Waals surface area contributed by atoms with Crippen molar-refractivity contribution in [2.24, 2.45) is 0 Å². The van der Waals surface area contributed by atoms with E-state index in [-0.39, 0.29) is 0 Å². The van der Waals surface area contributed by atoms with Gasteiger partial charge in [0.05, 0.1) is 20.5 Å². The molecule has 0 aromatic rings. The third-order valence-corrected chi connectivity index (χ3v) is 0.535. The maximum absolute atomic E-state index is 9.84. The fourth-order valence-corrected chi connectivity index (χ4v) is 0.0833. The molecule has 0 aromatic heterocycles. The van der Waals surface area contributed by atoms with Crippen molar-refractivity contribution >= 4 is 5.97 Å². The average molecular weight is 144 g/mol. The first-order chi connectivity index (χ1) is 4.72. The van der Waals surface area contributed by atoms with Gasteiger partial charge >= 0.3 is 5.97 Å². The molecule has 0 spiro atoms. The third kappa shape index (κ3) is 15.9. The van der Waals surface area contributed by atoms with Crippen LogP contribution in [0.25, 0.3) is 0 Å². The number of hydrogen-bond acceptors (Lipinski definition) is 3. The van der Waals surface area contributed by atoms with E-state index in [0.717, 1.165) is 6.08 Å². The molecule has 3 heteroatoms. The molecule has 0 atom stereocenters.